The van der Waals surface area contributed by atoms with Crippen LogP contribution in [0.2, 0.25) is 0 Å². The van der Waals surface area contributed by atoms with Crippen LogP contribution < -0.4 is 9.47 Å². The summed E-state index contributed by atoms with van der Waals surface area (Å²) in [5.74, 6) is -5.40. The van der Waals surface area contributed by atoms with Gasteiger partial charge in [0.2, 0.25) is 11.9 Å². The number of aliphatic hydroxyl groups excluding tert-OH is 2. The van der Waals surface area contributed by atoms with Gasteiger partial charge in [0.05, 0.1) is 60.3 Å². The van der Waals surface area contributed by atoms with Gasteiger partial charge in [0.25, 0.3) is 11.6 Å². The monoisotopic (exact) mass is 992 g/mol. The number of epoxide rings is 1. The summed E-state index contributed by atoms with van der Waals surface area (Å²) in [6, 6.07) is 1.74. The molecule has 2 aromatic carbocycles. The van der Waals surface area contributed by atoms with Gasteiger partial charge in [0.1, 0.15) is 47.3 Å². The van der Waals surface area contributed by atoms with Gasteiger partial charge >= 0.3 is 5.97 Å². The predicted molar refractivity (Wildman–Crippen MR) is 233 cm³/mol. The molecule has 70 heavy (non-hydrogen) atoms. The Morgan fingerprint density at radius 3 is 2.06 bits per heavy atom. The molecule has 7 aliphatic heterocycles. The zero-order chi connectivity index (χ0) is 50.6. The van der Waals surface area contributed by atoms with Crippen LogP contribution in [0.25, 0.3) is 10.8 Å². The lowest BCUT2D eigenvalue weighted by molar-refractivity contribution is -0.396. The van der Waals surface area contributed by atoms with Gasteiger partial charge in [-0.15, -0.1) is 0 Å². The van der Waals surface area contributed by atoms with Crippen molar-refractivity contribution in [3.63, 3.8) is 0 Å². The van der Waals surface area contributed by atoms with E-state index >= 15 is 0 Å². The Balaban J connectivity index is 0.971. The van der Waals surface area contributed by atoms with Crippen LogP contribution in [0.1, 0.15) is 113 Å². The average molecular weight is 993 g/mol. The van der Waals surface area contributed by atoms with E-state index in [0.29, 0.717) is 16.5 Å². The van der Waals surface area contributed by atoms with Gasteiger partial charge in [0.15, 0.2) is 36.9 Å². The van der Waals surface area contributed by atoms with E-state index in [0.717, 1.165) is 0 Å². The summed E-state index contributed by atoms with van der Waals surface area (Å²) >= 11 is 0. The molecule has 8 aliphatic rings. The number of carbonyl (C=O) groups excluding carboxylic acids is 2. The van der Waals surface area contributed by atoms with E-state index in [9.17, 15) is 40.2 Å². The van der Waals surface area contributed by atoms with Gasteiger partial charge in [-0.2, -0.15) is 0 Å². The molecule has 0 saturated carbocycles. The van der Waals surface area contributed by atoms with Crippen LogP contribution in [0.5, 0.6) is 17.2 Å². The standard InChI is InChI=1S/C48H64O22/c1-18-12-23-30(34(52)32-31(35(23)57-9)25(13-24(50)33(32)51)65-26-15-44(7,55)39(20(3)62-26)64-22(5)49)36-29(18)37-41-47(59-11,68-36)46(17-60-46)48(69-37,70-41)42(58-10)67-28-16-45(8,56)40(21(4)63-28)66-27-14-43(6,54)38(53)19(2)61-27/h12,19-21,24-28,37-42,50,52-56H,13-17H2,1-11H3/t19?,20-,21?,24?,25-,26?,27+,28+,37?,38+,39+,40+,41?,42?,43+,44+,45+,46?,47?,48?/m0/s1. The summed E-state index contributed by atoms with van der Waals surface area (Å²) in [6.45, 7) is 12.5. The van der Waals surface area contributed by atoms with Crippen molar-refractivity contribution in [1.82, 2.24) is 0 Å². The number of hydrogen-bond donors (Lipinski definition) is 6. The van der Waals surface area contributed by atoms with E-state index in [2.05, 4.69) is 0 Å². The fraction of sp³-hybridized carbons (Fsp3) is 0.750. The largest absolute Gasteiger partial charge is 0.506 e. The smallest absolute Gasteiger partial charge is 0.303 e. The number of hydrogen-bond acceptors (Lipinski definition) is 22. The Morgan fingerprint density at radius 1 is 0.843 bits per heavy atom. The van der Waals surface area contributed by atoms with Gasteiger partial charge in [-0.05, 0) is 60.1 Å². The van der Waals surface area contributed by atoms with E-state index in [1.807, 2.05) is 0 Å². The maximum Gasteiger partial charge on any atom is 0.303 e. The molecule has 1 spiro atoms. The van der Waals surface area contributed by atoms with E-state index in [1.54, 1.807) is 40.7 Å². The minimum atomic E-state index is -1.88. The first-order valence-corrected chi connectivity index (χ1v) is 23.6. The summed E-state index contributed by atoms with van der Waals surface area (Å²) in [5.41, 5.74) is -5.34. The second kappa shape index (κ2) is 16.8. The fourth-order valence-electron chi connectivity index (χ4n) is 12.4. The number of rotatable bonds is 11. The summed E-state index contributed by atoms with van der Waals surface area (Å²) in [5, 5.41) is 68.6. The number of carbonyl (C=O) groups is 2. The number of Topliss-reactive ketones (excluding diaryl/α,β-unsaturated/α-hetero) is 1. The second-order valence-corrected chi connectivity index (χ2v) is 20.8. The molecule has 0 radical (unpaired) electrons. The number of aryl methyl sites for hydroxylation is 1. The number of methoxy groups -OCH3 is 3. The number of benzene rings is 2. The van der Waals surface area contributed by atoms with Crippen LogP contribution >= 0.6 is 0 Å². The van der Waals surface area contributed by atoms with Crippen molar-refractivity contribution in [3.05, 3.63) is 28.3 Å². The first-order valence-electron chi connectivity index (χ1n) is 23.6. The molecule has 2 bridgehead atoms. The van der Waals surface area contributed by atoms with Crippen molar-refractivity contribution in [2.45, 2.75) is 201 Å². The molecule has 10 rings (SSSR count). The number of ether oxygens (including phenoxy) is 14. The Bertz CT molecular complexity index is 2440. The first-order chi connectivity index (χ1) is 32.8. The highest BCUT2D eigenvalue weighted by Gasteiger charge is 2.93. The topological polar surface area (TPSA) is 288 Å². The molecule has 6 fully saturated rings. The number of phenols is 1. The lowest BCUT2D eigenvalue weighted by Gasteiger charge is -2.50. The number of aromatic hydroxyl groups is 1. The molecular formula is C48H64O22. The minimum absolute atomic E-state index is 0.0367. The molecule has 20 atom stereocenters. The van der Waals surface area contributed by atoms with Crippen LogP contribution in [0.4, 0.5) is 0 Å². The van der Waals surface area contributed by atoms with E-state index in [1.165, 1.54) is 42.1 Å². The van der Waals surface area contributed by atoms with Gasteiger partial charge in [-0.1, -0.05) is 0 Å². The van der Waals surface area contributed by atoms with E-state index < -0.39 is 138 Å². The van der Waals surface area contributed by atoms with Gasteiger partial charge < -0.3 is 97.0 Å². The summed E-state index contributed by atoms with van der Waals surface area (Å²) in [6.07, 6.45) is -15.4. The molecule has 6 N–H and O–H groups in total. The third-order valence-electron chi connectivity index (χ3n) is 15.6. The minimum Gasteiger partial charge on any atom is -0.506 e. The molecule has 0 aromatic heterocycles. The number of esters is 1. The SMILES string of the molecule is COc1c2c(c(O)c3c4c(c(C)cc13)C1OC3(C(OC)O[C@@H]5C[C@@](C)(O)[C@H](O[C@@H]6C[C@@](C)(O)[C@H](O)C(C)O6)C(C)O5)OC1C(OC)(O4)C31CO1)C(=O)C(O)C[C@@H]2OC1C[C@@](C)(O)[C@H](OC(C)=O)[C@H](C)O1. The fourth-order valence-corrected chi connectivity index (χ4v) is 12.4. The average Bonchev–Trinajstić information content (AvgIpc) is 3.93. The zero-order valence-corrected chi connectivity index (χ0v) is 40.9. The summed E-state index contributed by atoms with van der Waals surface area (Å²) < 4.78 is 88.2. The number of fused-ring (bicyclic) bond motifs is 8. The Morgan fingerprint density at radius 2 is 1.46 bits per heavy atom. The van der Waals surface area contributed by atoms with Crippen molar-refractivity contribution in [1.29, 1.82) is 0 Å². The van der Waals surface area contributed by atoms with Gasteiger partial charge in [-0.3, -0.25) is 9.59 Å². The van der Waals surface area contributed by atoms with Crippen molar-refractivity contribution in [2.24, 2.45) is 0 Å². The first kappa shape index (κ1) is 50.1. The quantitative estimate of drug-likeness (QED) is 0.106. The van der Waals surface area contributed by atoms with Crippen molar-refractivity contribution in [3.8, 4) is 17.2 Å². The molecule has 6 saturated heterocycles. The lowest BCUT2D eigenvalue weighted by atomic mass is 9.77. The lowest BCUT2D eigenvalue weighted by Crippen LogP contribution is -2.70. The van der Waals surface area contributed by atoms with Crippen molar-refractivity contribution in [2.75, 3.05) is 27.9 Å². The van der Waals surface area contributed by atoms with Crippen LogP contribution in [0, 0.1) is 6.92 Å². The number of phenolic OH excluding ortho intramolecular Hbond substituents is 1. The molecule has 10 unspecified atom stereocenters. The molecule has 2 aromatic rings. The molecular weight excluding hydrogens is 929 g/mol. The molecule has 1 aliphatic carbocycles. The van der Waals surface area contributed by atoms with Gasteiger partial charge in [0, 0.05) is 63.3 Å². The highest BCUT2D eigenvalue weighted by atomic mass is 16.9. The normalized spacial score (nSPS) is 46.3. The molecule has 7 heterocycles. The highest BCUT2D eigenvalue weighted by Crippen LogP contribution is 2.72. The van der Waals surface area contributed by atoms with Crippen LogP contribution in [-0.4, -0.2) is 178 Å². The highest BCUT2D eigenvalue weighted by molar-refractivity contribution is 6.13. The number of ketones is 1. The van der Waals surface area contributed by atoms with Crippen LogP contribution in [0.3, 0.4) is 0 Å². The summed E-state index contributed by atoms with van der Waals surface area (Å²) in [4.78, 5) is 25.9. The molecule has 22 nitrogen and oxygen atoms in total. The maximum absolute atomic E-state index is 14.1. The van der Waals surface area contributed by atoms with Crippen LogP contribution in [-0.2, 0) is 61.6 Å². The van der Waals surface area contributed by atoms with E-state index in [-0.39, 0.29) is 60.3 Å². The molecule has 0 amide bonds. The third-order valence-corrected chi connectivity index (χ3v) is 15.6. The van der Waals surface area contributed by atoms with Gasteiger partial charge in [-0.25, -0.2) is 0 Å². The van der Waals surface area contributed by atoms with Crippen LogP contribution in [0.15, 0.2) is 6.07 Å². The summed E-state index contributed by atoms with van der Waals surface area (Å²) in [7, 11) is 4.19. The Labute approximate surface area is 403 Å². The zero-order valence-electron chi connectivity index (χ0n) is 40.9. The number of aliphatic hydroxyl groups is 5. The molecule has 22 heteroatoms. The third kappa shape index (κ3) is 7.19. The molecule has 388 valence electrons. The maximum atomic E-state index is 14.1. The predicted octanol–water partition coefficient (Wildman–Crippen LogP) is 1.86. The second-order valence-electron chi connectivity index (χ2n) is 20.8. The van der Waals surface area contributed by atoms with E-state index in [4.69, 9.17) is 66.3 Å². The Hall–Kier alpha value is -3.40. The van der Waals surface area contributed by atoms with Crippen molar-refractivity contribution >= 4 is 22.5 Å². The van der Waals surface area contributed by atoms with Crippen molar-refractivity contribution < 1.29 is 107 Å². The Kier molecular flexibility index (Phi) is 12.0.